The van der Waals surface area contributed by atoms with E-state index in [1.165, 1.54) is 50.0 Å². The number of hydrogen-bond acceptors (Lipinski definition) is 2. The van der Waals surface area contributed by atoms with Crippen LogP contribution in [0.2, 0.25) is 0 Å². The van der Waals surface area contributed by atoms with Crippen molar-refractivity contribution in [2.45, 2.75) is 38.5 Å². The molecule has 1 saturated carbocycles. The van der Waals surface area contributed by atoms with E-state index in [0.29, 0.717) is 5.41 Å². The minimum atomic E-state index is 0.289. The van der Waals surface area contributed by atoms with Gasteiger partial charge in [0.1, 0.15) is 0 Å². The summed E-state index contributed by atoms with van der Waals surface area (Å²) < 4.78 is 0. The lowest BCUT2D eigenvalue weighted by molar-refractivity contribution is 0.222. The van der Waals surface area contributed by atoms with Crippen molar-refractivity contribution >= 4 is 5.69 Å². The number of aliphatic hydroxyl groups is 1. The van der Waals surface area contributed by atoms with Gasteiger partial charge in [0.15, 0.2) is 0 Å². The van der Waals surface area contributed by atoms with Gasteiger partial charge in [-0.25, -0.2) is 0 Å². The maximum absolute atomic E-state index is 8.89. The molecule has 0 bridgehead atoms. The van der Waals surface area contributed by atoms with E-state index >= 15 is 0 Å². The van der Waals surface area contributed by atoms with Crippen molar-refractivity contribution in [3.05, 3.63) is 29.8 Å². The van der Waals surface area contributed by atoms with Crippen LogP contribution < -0.4 is 4.90 Å². The molecule has 1 aromatic carbocycles. The average Bonchev–Trinajstić information content (AvgIpc) is 2.84. The van der Waals surface area contributed by atoms with Crippen molar-refractivity contribution in [3.8, 4) is 0 Å². The molecule has 1 spiro atoms. The van der Waals surface area contributed by atoms with Gasteiger partial charge in [-0.3, -0.25) is 0 Å². The van der Waals surface area contributed by atoms with Crippen LogP contribution in [0.3, 0.4) is 0 Å². The van der Waals surface area contributed by atoms with Gasteiger partial charge in [-0.1, -0.05) is 25.0 Å². The largest absolute Gasteiger partial charge is 0.396 e. The zero-order valence-electron chi connectivity index (χ0n) is 11.1. The Hall–Kier alpha value is -1.02. The van der Waals surface area contributed by atoms with Gasteiger partial charge in [0, 0.05) is 30.8 Å². The molecule has 0 unspecified atom stereocenters. The van der Waals surface area contributed by atoms with Crippen LogP contribution in [0.15, 0.2) is 24.3 Å². The lowest BCUT2D eigenvalue weighted by Crippen LogP contribution is -2.55. The second kappa shape index (κ2) is 4.93. The van der Waals surface area contributed by atoms with Crippen molar-refractivity contribution in [1.82, 2.24) is 0 Å². The van der Waals surface area contributed by atoms with Gasteiger partial charge >= 0.3 is 0 Å². The van der Waals surface area contributed by atoms with Crippen LogP contribution >= 0.6 is 0 Å². The molecule has 0 radical (unpaired) electrons. The Bertz CT molecular complexity index is 401. The van der Waals surface area contributed by atoms with E-state index in [2.05, 4.69) is 29.2 Å². The van der Waals surface area contributed by atoms with Crippen molar-refractivity contribution < 1.29 is 5.11 Å². The minimum absolute atomic E-state index is 0.289. The molecule has 1 aliphatic carbocycles. The number of aliphatic hydroxyl groups excluding tert-OH is 1. The molecule has 18 heavy (non-hydrogen) atoms. The van der Waals surface area contributed by atoms with Crippen LogP contribution in [0, 0.1) is 5.41 Å². The number of hydrogen-bond donors (Lipinski definition) is 1. The van der Waals surface area contributed by atoms with Gasteiger partial charge in [-0.2, -0.15) is 0 Å². The normalized spacial score (nSPS) is 21.3. The summed E-state index contributed by atoms with van der Waals surface area (Å²) in [7, 11) is 0. The molecular weight excluding hydrogens is 222 g/mol. The Kier molecular flexibility index (Phi) is 3.29. The topological polar surface area (TPSA) is 23.5 Å². The fourth-order valence-corrected chi connectivity index (χ4v) is 3.58. The van der Waals surface area contributed by atoms with E-state index in [-0.39, 0.29) is 6.61 Å². The van der Waals surface area contributed by atoms with E-state index in [1.54, 1.807) is 0 Å². The summed E-state index contributed by atoms with van der Waals surface area (Å²) in [6, 6.07) is 8.85. The van der Waals surface area contributed by atoms with Crippen molar-refractivity contribution in [3.63, 3.8) is 0 Å². The molecule has 0 atom stereocenters. The molecule has 2 aliphatic rings. The van der Waals surface area contributed by atoms with Crippen molar-refractivity contribution in [2.75, 3.05) is 24.6 Å². The smallest absolute Gasteiger partial charge is 0.0434 e. The number of nitrogens with zero attached hydrogens (tertiary/aromatic N) is 1. The molecule has 98 valence electrons. The summed E-state index contributed by atoms with van der Waals surface area (Å²) in [5.41, 5.74) is 3.40. The van der Waals surface area contributed by atoms with Crippen LogP contribution in [-0.4, -0.2) is 24.8 Å². The average molecular weight is 245 g/mol. The molecule has 3 rings (SSSR count). The third-order valence-corrected chi connectivity index (χ3v) is 4.62. The summed E-state index contributed by atoms with van der Waals surface area (Å²) in [5.74, 6) is 0. The first-order chi connectivity index (χ1) is 8.81. The molecule has 1 N–H and O–H groups in total. The highest BCUT2D eigenvalue weighted by molar-refractivity contribution is 5.52. The van der Waals surface area contributed by atoms with Gasteiger partial charge in [0.05, 0.1) is 0 Å². The summed E-state index contributed by atoms with van der Waals surface area (Å²) in [6.07, 6.45) is 7.60. The Balaban J connectivity index is 1.63. The van der Waals surface area contributed by atoms with E-state index in [0.717, 1.165) is 12.8 Å². The highest BCUT2D eigenvalue weighted by Gasteiger charge is 2.44. The van der Waals surface area contributed by atoms with Crippen molar-refractivity contribution in [2.24, 2.45) is 5.41 Å². The molecule has 2 heteroatoms. The summed E-state index contributed by atoms with van der Waals surface area (Å²) in [6.45, 7) is 2.81. The maximum atomic E-state index is 8.89. The summed E-state index contributed by atoms with van der Waals surface area (Å²) in [5, 5.41) is 8.89. The zero-order chi connectivity index (χ0) is 12.4. The minimum Gasteiger partial charge on any atom is -0.396 e. The second-order valence-corrected chi connectivity index (χ2v) is 6.06. The second-order valence-electron chi connectivity index (χ2n) is 6.06. The van der Waals surface area contributed by atoms with Crippen LogP contribution in [0.25, 0.3) is 0 Å². The van der Waals surface area contributed by atoms with E-state index < -0.39 is 0 Å². The predicted octanol–water partition coefficient (Wildman–Crippen LogP) is 2.99. The lowest BCUT2D eigenvalue weighted by Gasteiger charge is -2.50. The molecule has 2 nitrogen and oxygen atoms in total. The Labute approximate surface area is 110 Å². The Morgan fingerprint density at radius 2 is 1.94 bits per heavy atom. The Morgan fingerprint density at radius 3 is 2.67 bits per heavy atom. The first kappa shape index (κ1) is 12.0. The monoisotopic (exact) mass is 245 g/mol. The predicted molar refractivity (Wildman–Crippen MR) is 75.0 cm³/mol. The lowest BCUT2D eigenvalue weighted by atomic mass is 9.78. The molecule has 1 aliphatic heterocycles. The van der Waals surface area contributed by atoms with Gasteiger partial charge in [-0.15, -0.1) is 0 Å². The first-order valence-electron chi connectivity index (χ1n) is 7.26. The van der Waals surface area contributed by atoms with E-state index in [4.69, 9.17) is 5.11 Å². The maximum Gasteiger partial charge on any atom is 0.0434 e. The third-order valence-electron chi connectivity index (χ3n) is 4.62. The van der Waals surface area contributed by atoms with Crippen LogP contribution in [0.1, 0.15) is 37.7 Å². The van der Waals surface area contributed by atoms with Gasteiger partial charge in [0.25, 0.3) is 0 Å². The summed E-state index contributed by atoms with van der Waals surface area (Å²) >= 11 is 0. The van der Waals surface area contributed by atoms with E-state index in [9.17, 15) is 0 Å². The number of rotatable bonds is 4. The number of anilines is 1. The van der Waals surface area contributed by atoms with Gasteiger partial charge < -0.3 is 10.0 Å². The SMILES string of the molecule is OCCCc1cccc(N2CC3(CCCC3)C2)c1. The number of aryl methyl sites for hydroxylation is 1. The molecule has 0 aromatic heterocycles. The summed E-state index contributed by atoms with van der Waals surface area (Å²) in [4.78, 5) is 2.52. The molecule has 0 amide bonds. The van der Waals surface area contributed by atoms with Gasteiger partial charge in [0.2, 0.25) is 0 Å². The van der Waals surface area contributed by atoms with Crippen molar-refractivity contribution in [1.29, 1.82) is 0 Å². The van der Waals surface area contributed by atoms with Crippen LogP contribution in [0.4, 0.5) is 5.69 Å². The molecule has 1 aromatic rings. The first-order valence-corrected chi connectivity index (χ1v) is 7.26. The molecule has 1 heterocycles. The zero-order valence-corrected chi connectivity index (χ0v) is 11.1. The molecule has 2 fully saturated rings. The van der Waals surface area contributed by atoms with Gasteiger partial charge in [-0.05, 0) is 43.4 Å². The number of benzene rings is 1. The quantitative estimate of drug-likeness (QED) is 0.881. The van der Waals surface area contributed by atoms with E-state index in [1.807, 2.05) is 0 Å². The van der Waals surface area contributed by atoms with Crippen LogP contribution in [-0.2, 0) is 6.42 Å². The Morgan fingerprint density at radius 1 is 1.17 bits per heavy atom. The fourth-order valence-electron chi connectivity index (χ4n) is 3.58. The van der Waals surface area contributed by atoms with Crippen LogP contribution in [0.5, 0.6) is 0 Å². The standard InChI is InChI=1S/C16H23NO/c18-10-4-6-14-5-3-7-15(11-14)17-12-16(13-17)8-1-2-9-16/h3,5,7,11,18H,1-2,4,6,8-10,12-13H2. The third kappa shape index (κ3) is 2.26. The molecule has 1 saturated heterocycles. The fraction of sp³-hybridized carbons (Fsp3) is 0.625. The highest BCUT2D eigenvalue weighted by Crippen LogP contribution is 2.46. The highest BCUT2D eigenvalue weighted by atomic mass is 16.2. The molecular formula is C16H23NO.